The van der Waals surface area contributed by atoms with E-state index in [0.29, 0.717) is 47.3 Å². The molecule has 29 heavy (non-hydrogen) atoms. The Kier molecular flexibility index (Phi) is 5.24. The highest BCUT2D eigenvalue weighted by Crippen LogP contribution is 2.38. The monoisotopic (exact) mass is 398 g/mol. The number of carbonyl (C=O) groups is 2. The van der Waals surface area contributed by atoms with E-state index < -0.39 is 12.3 Å². The lowest BCUT2D eigenvalue weighted by atomic mass is 10.3. The van der Waals surface area contributed by atoms with Gasteiger partial charge in [-0.2, -0.15) is 0 Å². The quantitative estimate of drug-likeness (QED) is 0.416. The van der Waals surface area contributed by atoms with Crippen molar-refractivity contribution >= 4 is 11.9 Å². The van der Waals surface area contributed by atoms with Crippen LogP contribution in [-0.2, 0) is 9.59 Å². The Labute approximate surface area is 166 Å². The molecular formula is C21H18O8. The van der Waals surface area contributed by atoms with Gasteiger partial charge in [-0.25, -0.2) is 4.79 Å². The van der Waals surface area contributed by atoms with E-state index in [1.807, 2.05) is 6.92 Å². The molecule has 0 N–H and O–H groups in total. The predicted octanol–water partition coefficient (Wildman–Crippen LogP) is 3.38. The molecule has 0 saturated carbocycles. The van der Waals surface area contributed by atoms with Gasteiger partial charge in [0, 0.05) is 30.7 Å². The summed E-state index contributed by atoms with van der Waals surface area (Å²) >= 11 is 0. The summed E-state index contributed by atoms with van der Waals surface area (Å²) in [5.74, 6) is 1.83. The largest absolute Gasteiger partial charge is 0.454 e. The number of hydrogen-bond donors (Lipinski definition) is 0. The fraction of sp³-hybridized carbons (Fsp3) is 0.238. The molecule has 8 heteroatoms. The van der Waals surface area contributed by atoms with Crippen molar-refractivity contribution in [1.29, 1.82) is 0 Å². The van der Waals surface area contributed by atoms with Gasteiger partial charge in [-0.15, -0.1) is 0 Å². The van der Waals surface area contributed by atoms with E-state index in [4.69, 9.17) is 28.4 Å². The fourth-order valence-corrected chi connectivity index (χ4v) is 2.73. The summed E-state index contributed by atoms with van der Waals surface area (Å²) in [5, 5.41) is 0. The Balaban J connectivity index is 1.33. The van der Waals surface area contributed by atoms with E-state index in [9.17, 15) is 9.59 Å². The molecule has 0 aliphatic carbocycles. The van der Waals surface area contributed by atoms with Gasteiger partial charge in [0.25, 0.3) is 6.29 Å². The number of esters is 2. The highest BCUT2D eigenvalue weighted by molar-refractivity contribution is 5.84. The SMILES string of the molecule is CCCC(=O)Oc1ccc2c(c1)OC(C=CC(=O)Oc1ccc3c(c1)OCO3)O2. The molecule has 1 atom stereocenters. The molecule has 8 nitrogen and oxygen atoms in total. The van der Waals surface area contributed by atoms with E-state index in [1.165, 1.54) is 12.2 Å². The van der Waals surface area contributed by atoms with Crippen LogP contribution in [0.4, 0.5) is 0 Å². The number of ether oxygens (including phenoxy) is 6. The van der Waals surface area contributed by atoms with Crippen LogP contribution in [0, 0.1) is 0 Å². The Morgan fingerprint density at radius 3 is 2.48 bits per heavy atom. The molecule has 150 valence electrons. The molecule has 0 radical (unpaired) electrons. The zero-order valence-electron chi connectivity index (χ0n) is 15.6. The second-order valence-electron chi connectivity index (χ2n) is 6.23. The number of benzene rings is 2. The third kappa shape index (κ3) is 4.43. The third-order valence-electron chi connectivity index (χ3n) is 4.04. The third-order valence-corrected chi connectivity index (χ3v) is 4.04. The average Bonchev–Trinajstić information content (AvgIpc) is 3.32. The Morgan fingerprint density at radius 2 is 1.66 bits per heavy atom. The van der Waals surface area contributed by atoms with Gasteiger partial charge in [-0.1, -0.05) is 6.92 Å². The normalized spacial score (nSPS) is 16.1. The van der Waals surface area contributed by atoms with Crippen molar-refractivity contribution in [2.45, 2.75) is 26.1 Å². The van der Waals surface area contributed by atoms with Crippen molar-refractivity contribution < 1.29 is 38.0 Å². The standard InChI is InChI=1S/C21H18O8/c1-2-3-19(22)26-14-5-7-16-18(11-14)29-21(28-16)9-8-20(23)27-13-4-6-15-17(10-13)25-12-24-15/h4-11,21H,2-3,12H2,1H3. The molecule has 0 aromatic heterocycles. The topological polar surface area (TPSA) is 89.5 Å². The van der Waals surface area contributed by atoms with Gasteiger partial charge in [0.15, 0.2) is 23.0 Å². The zero-order valence-corrected chi connectivity index (χ0v) is 15.6. The Morgan fingerprint density at radius 1 is 0.966 bits per heavy atom. The highest BCUT2D eigenvalue weighted by Gasteiger charge is 2.23. The van der Waals surface area contributed by atoms with E-state index in [-0.39, 0.29) is 12.8 Å². The molecule has 2 aromatic carbocycles. The minimum absolute atomic E-state index is 0.142. The van der Waals surface area contributed by atoms with Gasteiger partial charge in [0.2, 0.25) is 6.79 Å². The molecule has 0 saturated heterocycles. The number of hydrogen-bond acceptors (Lipinski definition) is 8. The maximum atomic E-state index is 12.0. The number of carbonyl (C=O) groups excluding carboxylic acids is 2. The summed E-state index contributed by atoms with van der Waals surface area (Å²) in [6.07, 6.45) is 2.89. The summed E-state index contributed by atoms with van der Waals surface area (Å²) < 4.78 is 32.1. The van der Waals surface area contributed by atoms with Crippen LogP contribution in [0.3, 0.4) is 0 Å². The summed E-state index contributed by atoms with van der Waals surface area (Å²) in [6.45, 7) is 2.04. The average molecular weight is 398 g/mol. The van der Waals surface area contributed by atoms with Crippen molar-refractivity contribution in [2.24, 2.45) is 0 Å². The summed E-state index contributed by atoms with van der Waals surface area (Å²) in [7, 11) is 0. The molecule has 0 fully saturated rings. The van der Waals surface area contributed by atoms with Crippen LogP contribution in [0.1, 0.15) is 19.8 Å². The number of fused-ring (bicyclic) bond motifs is 2. The zero-order chi connectivity index (χ0) is 20.2. The molecule has 4 rings (SSSR count). The van der Waals surface area contributed by atoms with Gasteiger partial charge in [0.05, 0.1) is 0 Å². The van der Waals surface area contributed by atoms with Crippen LogP contribution >= 0.6 is 0 Å². The Hall–Kier alpha value is -3.68. The fourth-order valence-electron chi connectivity index (χ4n) is 2.73. The van der Waals surface area contributed by atoms with Crippen LogP contribution in [0.5, 0.6) is 34.5 Å². The molecule has 0 spiro atoms. The van der Waals surface area contributed by atoms with Crippen LogP contribution in [0.25, 0.3) is 0 Å². The first-order chi connectivity index (χ1) is 14.1. The van der Waals surface area contributed by atoms with Crippen LogP contribution in [-0.4, -0.2) is 25.0 Å². The van der Waals surface area contributed by atoms with Crippen LogP contribution in [0.2, 0.25) is 0 Å². The van der Waals surface area contributed by atoms with E-state index in [1.54, 1.807) is 36.4 Å². The van der Waals surface area contributed by atoms with Crippen LogP contribution in [0.15, 0.2) is 48.6 Å². The van der Waals surface area contributed by atoms with Gasteiger partial charge in [0.1, 0.15) is 11.5 Å². The summed E-state index contributed by atoms with van der Waals surface area (Å²) in [5.41, 5.74) is 0. The maximum absolute atomic E-state index is 12.0. The smallest absolute Gasteiger partial charge is 0.336 e. The lowest BCUT2D eigenvalue weighted by Crippen LogP contribution is -2.15. The van der Waals surface area contributed by atoms with Crippen molar-refractivity contribution in [2.75, 3.05) is 6.79 Å². The lowest BCUT2D eigenvalue weighted by Gasteiger charge is -2.05. The molecule has 2 aliphatic rings. The lowest BCUT2D eigenvalue weighted by molar-refractivity contribution is -0.134. The van der Waals surface area contributed by atoms with Gasteiger partial charge < -0.3 is 28.4 Å². The minimum Gasteiger partial charge on any atom is -0.454 e. The summed E-state index contributed by atoms with van der Waals surface area (Å²) in [6, 6.07) is 9.69. The molecule has 0 amide bonds. The first-order valence-corrected chi connectivity index (χ1v) is 9.08. The molecule has 0 bridgehead atoms. The maximum Gasteiger partial charge on any atom is 0.336 e. The van der Waals surface area contributed by atoms with Crippen LogP contribution < -0.4 is 28.4 Å². The van der Waals surface area contributed by atoms with Gasteiger partial charge in [-0.3, -0.25) is 4.79 Å². The second kappa shape index (κ2) is 8.14. The van der Waals surface area contributed by atoms with E-state index in [0.717, 1.165) is 0 Å². The second-order valence-corrected chi connectivity index (χ2v) is 6.23. The molecular weight excluding hydrogens is 380 g/mol. The molecule has 1 unspecified atom stereocenters. The predicted molar refractivity (Wildman–Crippen MR) is 99.4 cm³/mol. The molecule has 2 aliphatic heterocycles. The molecule has 2 aromatic rings. The van der Waals surface area contributed by atoms with Crippen molar-refractivity contribution in [1.82, 2.24) is 0 Å². The summed E-state index contributed by atoms with van der Waals surface area (Å²) in [4.78, 5) is 23.6. The minimum atomic E-state index is -0.795. The van der Waals surface area contributed by atoms with E-state index >= 15 is 0 Å². The molecule has 2 heterocycles. The van der Waals surface area contributed by atoms with E-state index in [2.05, 4.69) is 0 Å². The first-order valence-electron chi connectivity index (χ1n) is 9.08. The Bertz CT molecular complexity index is 965. The van der Waals surface area contributed by atoms with Crippen molar-refractivity contribution in [3.8, 4) is 34.5 Å². The van der Waals surface area contributed by atoms with Gasteiger partial charge >= 0.3 is 11.9 Å². The van der Waals surface area contributed by atoms with Gasteiger partial charge in [-0.05, 0) is 30.7 Å². The number of rotatable bonds is 6. The van der Waals surface area contributed by atoms with Crippen molar-refractivity contribution in [3.05, 3.63) is 48.6 Å². The highest BCUT2D eigenvalue weighted by atomic mass is 16.7. The first kappa shape index (κ1) is 18.7. The van der Waals surface area contributed by atoms with Crippen molar-refractivity contribution in [3.63, 3.8) is 0 Å².